The second kappa shape index (κ2) is 7.06. The zero-order valence-electron chi connectivity index (χ0n) is 12.7. The van der Waals surface area contributed by atoms with Crippen LogP contribution in [0.4, 0.5) is 0 Å². The predicted octanol–water partition coefficient (Wildman–Crippen LogP) is 3.66. The molecule has 3 heteroatoms. The molecular formula is C17H28N2S. The molecule has 1 aromatic rings. The number of likely N-dealkylation sites (tertiary alicyclic amines) is 1. The molecule has 1 saturated heterocycles. The maximum atomic E-state index is 3.62. The molecule has 112 valence electrons. The second-order valence-corrected chi connectivity index (χ2v) is 7.60. The van der Waals surface area contributed by atoms with Gasteiger partial charge in [-0.1, -0.05) is 19.3 Å². The lowest BCUT2D eigenvalue weighted by Crippen LogP contribution is -2.44. The molecule has 1 aromatic heterocycles. The van der Waals surface area contributed by atoms with Crippen molar-refractivity contribution in [1.29, 1.82) is 0 Å². The van der Waals surface area contributed by atoms with Crippen molar-refractivity contribution in [3.63, 3.8) is 0 Å². The van der Waals surface area contributed by atoms with Crippen LogP contribution in [-0.2, 0) is 6.54 Å². The Morgan fingerprint density at radius 3 is 2.90 bits per heavy atom. The molecule has 0 spiro atoms. The normalized spacial score (nSPS) is 27.4. The van der Waals surface area contributed by atoms with Crippen molar-refractivity contribution in [2.24, 2.45) is 11.8 Å². The fraction of sp³-hybridized carbons (Fsp3) is 0.765. The Morgan fingerprint density at radius 2 is 2.10 bits per heavy atom. The van der Waals surface area contributed by atoms with Crippen LogP contribution in [0.2, 0.25) is 0 Å². The third kappa shape index (κ3) is 3.63. The van der Waals surface area contributed by atoms with Crippen LogP contribution in [0, 0.1) is 18.8 Å². The van der Waals surface area contributed by atoms with Crippen molar-refractivity contribution in [3.8, 4) is 0 Å². The number of hydrogen-bond acceptors (Lipinski definition) is 3. The summed E-state index contributed by atoms with van der Waals surface area (Å²) in [5, 5.41) is 5.81. The first-order valence-corrected chi connectivity index (χ1v) is 9.17. The van der Waals surface area contributed by atoms with Gasteiger partial charge in [-0.05, 0) is 55.2 Å². The molecule has 1 saturated carbocycles. The third-order valence-corrected chi connectivity index (χ3v) is 6.26. The topological polar surface area (TPSA) is 15.3 Å². The fourth-order valence-corrected chi connectivity index (χ4v) is 4.78. The molecule has 0 aromatic carbocycles. The number of aryl methyl sites for hydroxylation is 1. The van der Waals surface area contributed by atoms with E-state index >= 15 is 0 Å². The SMILES string of the molecule is Cc1ccsc1CNCCN1CCC2CCCCC2C1. The van der Waals surface area contributed by atoms with Gasteiger partial charge in [0.05, 0.1) is 0 Å². The molecule has 0 radical (unpaired) electrons. The van der Waals surface area contributed by atoms with E-state index in [0.717, 1.165) is 24.9 Å². The Kier molecular flexibility index (Phi) is 5.14. The van der Waals surface area contributed by atoms with Gasteiger partial charge in [-0.25, -0.2) is 0 Å². The summed E-state index contributed by atoms with van der Waals surface area (Å²) in [5.41, 5.74) is 1.44. The summed E-state index contributed by atoms with van der Waals surface area (Å²) in [4.78, 5) is 4.19. The molecule has 1 aliphatic carbocycles. The van der Waals surface area contributed by atoms with Crippen molar-refractivity contribution >= 4 is 11.3 Å². The molecule has 3 rings (SSSR count). The Morgan fingerprint density at radius 1 is 1.25 bits per heavy atom. The van der Waals surface area contributed by atoms with Gasteiger partial charge in [0.15, 0.2) is 0 Å². The number of nitrogens with one attached hydrogen (secondary N) is 1. The van der Waals surface area contributed by atoms with Gasteiger partial charge in [-0.3, -0.25) is 0 Å². The highest BCUT2D eigenvalue weighted by Gasteiger charge is 2.30. The number of piperidine rings is 1. The minimum absolute atomic E-state index is 1.01. The van der Waals surface area contributed by atoms with Gasteiger partial charge >= 0.3 is 0 Å². The number of hydrogen-bond donors (Lipinski definition) is 1. The van der Waals surface area contributed by atoms with Gasteiger partial charge in [0.25, 0.3) is 0 Å². The molecule has 2 aliphatic rings. The minimum atomic E-state index is 1.01. The van der Waals surface area contributed by atoms with Crippen molar-refractivity contribution in [1.82, 2.24) is 10.2 Å². The van der Waals surface area contributed by atoms with E-state index in [1.165, 1.54) is 62.2 Å². The summed E-state index contributed by atoms with van der Waals surface area (Å²) in [7, 11) is 0. The van der Waals surface area contributed by atoms with Crippen LogP contribution >= 0.6 is 11.3 Å². The van der Waals surface area contributed by atoms with Crippen LogP contribution in [0.3, 0.4) is 0 Å². The van der Waals surface area contributed by atoms with Crippen molar-refractivity contribution in [3.05, 3.63) is 21.9 Å². The smallest absolute Gasteiger partial charge is 0.0302 e. The first-order chi connectivity index (χ1) is 9.83. The first kappa shape index (κ1) is 14.6. The summed E-state index contributed by atoms with van der Waals surface area (Å²) < 4.78 is 0. The van der Waals surface area contributed by atoms with E-state index in [4.69, 9.17) is 0 Å². The molecule has 2 unspecified atom stereocenters. The monoisotopic (exact) mass is 292 g/mol. The molecule has 2 nitrogen and oxygen atoms in total. The summed E-state index contributed by atoms with van der Waals surface area (Å²) in [6, 6.07) is 2.22. The molecule has 1 N–H and O–H groups in total. The summed E-state index contributed by atoms with van der Waals surface area (Å²) in [6.45, 7) is 8.32. The second-order valence-electron chi connectivity index (χ2n) is 6.60. The number of nitrogens with zero attached hydrogens (tertiary/aromatic N) is 1. The third-order valence-electron chi connectivity index (χ3n) is 5.23. The molecule has 2 fully saturated rings. The van der Waals surface area contributed by atoms with E-state index < -0.39 is 0 Å². The van der Waals surface area contributed by atoms with Gasteiger partial charge in [-0.15, -0.1) is 11.3 Å². The van der Waals surface area contributed by atoms with Gasteiger partial charge in [0.2, 0.25) is 0 Å². The van der Waals surface area contributed by atoms with Crippen LogP contribution < -0.4 is 5.32 Å². The van der Waals surface area contributed by atoms with Crippen LogP contribution in [0.25, 0.3) is 0 Å². The highest BCUT2D eigenvalue weighted by atomic mass is 32.1. The highest BCUT2D eigenvalue weighted by molar-refractivity contribution is 7.10. The molecule has 0 amide bonds. The van der Waals surface area contributed by atoms with Crippen LogP contribution in [0.5, 0.6) is 0 Å². The Hall–Kier alpha value is -0.380. The minimum Gasteiger partial charge on any atom is -0.311 e. The number of rotatable bonds is 5. The van der Waals surface area contributed by atoms with E-state index in [2.05, 4.69) is 28.6 Å². The summed E-state index contributed by atoms with van der Waals surface area (Å²) in [5.74, 6) is 2.07. The first-order valence-electron chi connectivity index (χ1n) is 8.29. The van der Waals surface area contributed by atoms with Crippen LogP contribution in [0.1, 0.15) is 42.5 Å². The molecule has 0 bridgehead atoms. The molecule has 20 heavy (non-hydrogen) atoms. The van der Waals surface area contributed by atoms with E-state index in [9.17, 15) is 0 Å². The van der Waals surface area contributed by atoms with Crippen molar-refractivity contribution in [2.45, 2.75) is 45.6 Å². The van der Waals surface area contributed by atoms with Crippen LogP contribution in [-0.4, -0.2) is 31.1 Å². The molecular weight excluding hydrogens is 264 g/mol. The molecule has 2 heterocycles. The lowest BCUT2D eigenvalue weighted by molar-refractivity contribution is 0.0875. The molecule has 1 aliphatic heterocycles. The Balaban J connectivity index is 1.36. The molecule has 2 atom stereocenters. The van der Waals surface area contributed by atoms with Crippen molar-refractivity contribution < 1.29 is 0 Å². The Bertz CT molecular complexity index is 415. The zero-order valence-corrected chi connectivity index (χ0v) is 13.6. The fourth-order valence-electron chi connectivity index (χ4n) is 3.90. The lowest BCUT2D eigenvalue weighted by Gasteiger charge is -2.41. The standard InChI is InChI=1S/C17H28N2S/c1-14-7-11-20-17(14)12-18-8-10-19-9-6-15-4-2-3-5-16(15)13-19/h7,11,15-16,18H,2-6,8-10,12-13H2,1H3. The van der Waals surface area contributed by atoms with E-state index in [1.54, 1.807) is 0 Å². The van der Waals surface area contributed by atoms with E-state index in [1.807, 2.05) is 11.3 Å². The van der Waals surface area contributed by atoms with Gasteiger partial charge in [0, 0.05) is 31.1 Å². The van der Waals surface area contributed by atoms with Gasteiger partial charge in [-0.2, -0.15) is 0 Å². The average Bonchev–Trinajstić information content (AvgIpc) is 2.89. The maximum absolute atomic E-state index is 3.62. The number of fused-ring (bicyclic) bond motifs is 1. The Labute approximate surface area is 127 Å². The van der Waals surface area contributed by atoms with Crippen LogP contribution in [0.15, 0.2) is 11.4 Å². The van der Waals surface area contributed by atoms with E-state index in [-0.39, 0.29) is 0 Å². The van der Waals surface area contributed by atoms with Gasteiger partial charge < -0.3 is 10.2 Å². The summed E-state index contributed by atoms with van der Waals surface area (Å²) in [6.07, 6.45) is 7.42. The van der Waals surface area contributed by atoms with Crippen molar-refractivity contribution in [2.75, 3.05) is 26.2 Å². The quantitative estimate of drug-likeness (QED) is 0.833. The predicted molar refractivity (Wildman–Crippen MR) is 87.3 cm³/mol. The highest BCUT2D eigenvalue weighted by Crippen LogP contribution is 2.35. The summed E-state index contributed by atoms with van der Waals surface area (Å²) >= 11 is 1.87. The average molecular weight is 292 g/mol. The lowest BCUT2D eigenvalue weighted by atomic mass is 9.75. The maximum Gasteiger partial charge on any atom is 0.0302 e. The van der Waals surface area contributed by atoms with Gasteiger partial charge in [0.1, 0.15) is 0 Å². The zero-order chi connectivity index (χ0) is 13.8. The largest absolute Gasteiger partial charge is 0.311 e. The number of thiophene rings is 1. The van der Waals surface area contributed by atoms with E-state index in [0.29, 0.717) is 0 Å².